The van der Waals surface area contributed by atoms with Crippen LogP contribution in [0.4, 0.5) is 0 Å². The van der Waals surface area contributed by atoms with Crippen LogP contribution in [0.2, 0.25) is 0 Å². The van der Waals surface area contributed by atoms with Gasteiger partial charge in [0, 0.05) is 0 Å². The third-order valence-corrected chi connectivity index (χ3v) is 2.84. The molecule has 0 bridgehead atoms. The van der Waals surface area contributed by atoms with Crippen molar-refractivity contribution in [3.8, 4) is 83.4 Å². The zero-order chi connectivity index (χ0) is 20.1. The molecule has 1 heterocycles. The van der Waals surface area contributed by atoms with E-state index >= 15 is 0 Å². The Morgan fingerprint density at radius 2 is 1.44 bits per heavy atom. The number of aliphatic hydroxyl groups is 3. The van der Waals surface area contributed by atoms with E-state index in [1.807, 2.05) is 0 Å². The van der Waals surface area contributed by atoms with E-state index in [0.717, 1.165) is 0 Å². The summed E-state index contributed by atoms with van der Waals surface area (Å²) in [6, 6.07) is 0. The van der Waals surface area contributed by atoms with Crippen molar-refractivity contribution < 1.29 is 29.6 Å². The van der Waals surface area contributed by atoms with Crippen LogP contribution in [0.3, 0.4) is 0 Å². The van der Waals surface area contributed by atoms with E-state index in [-0.39, 0.29) is 0 Å². The summed E-state index contributed by atoms with van der Waals surface area (Å²) in [6.45, 7) is 0. The number of ether oxygens (including phenoxy) is 1. The summed E-state index contributed by atoms with van der Waals surface area (Å²) in [5.41, 5.74) is 0. The topological polar surface area (TPSA) is 104 Å². The van der Waals surface area contributed by atoms with E-state index < -0.39 is 42.6 Å². The summed E-state index contributed by atoms with van der Waals surface area (Å²) < 4.78 is 4.55. The van der Waals surface area contributed by atoms with Gasteiger partial charge in [0.25, 0.3) is 0 Å². The van der Waals surface area contributed by atoms with E-state index in [9.17, 15) is 24.9 Å². The van der Waals surface area contributed by atoms with Gasteiger partial charge >= 0.3 is 5.97 Å². The highest BCUT2D eigenvalue weighted by Gasteiger charge is 2.47. The van der Waals surface area contributed by atoms with Crippen LogP contribution in [0.1, 0.15) is 6.42 Å². The Kier molecular flexibility index (Phi) is 8.93. The zero-order valence-electron chi connectivity index (χ0n) is 13.7. The summed E-state index contributed by atoms with van der Waals surface area (Å²) in [7, 11) is 0. The maximum absolute atomic E-state index is 11.7. The molecule has 1 rings (SSSR count). The molecule has 1 aliphatic rings. The molecule has 1 fully saturated rings. The molecule has 6 nitrogen and oxygen atoms in total. The van der Waals surface area contributed by atoms with Gasteiger partial charge in [0.15, 0.2) is 24.1 Å². The van der Waals surface area contributed by atoms with Crippen LogP contribution in [0, 0.1) is 83.4 Å². The van der Waals surface area contributed by atoms with Crippen LogP contribution < -0.4 is 0 Å². The molecule has 0 aromatic carbocycles. The second kappa shape index (κ2) is 11.5. The fraction of sp³-hybridized carbons (Fsp3) is 0.238. The molecule has 0 spiro atoms. The zero-order valence-corrected chi connectivity index (χ0v) is 13.7. The van der Waals surface area contributed by atoms with E-state index in [1.54, 1.807) is 0 Å². The Morgan fingerprint density at radius 3 is 1.89 bits per heavy atom. The van der Waals surface area contributed by atoms with Crippen molar-refractivity contribution in [3.63, 3.8) is 0 Å². The quantitative estimate of drug-likeness (QED) is 0.384. The molecule has 3 N–H and O–H groups in total. The number of rotatable bonds is 3. The van der Waals surface area contributed by atoms with Gasteiger partial charge in [0.2, 0.25) is 0 Å². The maximum Gasteiger partial charge on any atom is 0.338 e. The maximum atomic E-state index is 11.7. The normalized spacial score (nSPS) is 19.5. The van der Waals surface area contributed by atoms with Gasteiger partial charge in [-0.3, -0.25) is 4.79 Å². The lowest BCUT2D eigenvalue weighted by molar-refractivity contribution is -0.153. The standard InChI is InChI=1S/C21H10O6/c1-2-3-4-5-6-7-8-9-10-11-12-13-14-15-16(22)17(23)20-18(24)19(25)21(26)27-20/h1,17-20,23-25H,15H2/t17-,18+,19-,20+/m0/s1. The number of carbonyl (C=O) groups is 2. The Hall–Kier alpha value is -4.06. The number of hydrogen-bond donors (Lipinski definition) is 3. The number of ketones is 1. The first kappa shape index (κ1) is 21.0. The van der Waals surface area contributed by atoms with Crippen LogP contribution in [0.5, 0.6) is 0 Å². The fourth-order valence-corrected chi connectivity index (χ4v) is 1.62. The van der Waals surface area contributed by atoms with E-state index in [4.69, 9.17) is 6.42 Å². The molecule has 0 radical (unpaired) electrons. The van der Waals surface area contributed by atoms with Crippen LogP contribution in [0.15, 0.2) is 0 Å². The number of terminal acetylenes is 1. The lowest BCUT2D eigenvalue weighted by Gasteiger charge is -2.17. The third kappa shape index (κ3) is 7.15. The molecule has 0 saturated carbocycles. The molecule has 1 aliphatic heterocycles. The largest absolute Gasteiger partial charge is 0.454 e. The number of hydrogen-bond acceptors (Lipinski definition) is 6. The highest BCUT2D eigenvalue weighted by Crippen LogP contribution is 2.19. The molecular weight excluding hydrogens is 348 g/mol. The molecule has 6 heteroatoms. The summed E-state index contributed by atoms with van der Waals surface area (Å²) in [6.07, 6.45) is -2.31. The molecule has 1 saturated heterocycles. The second-order valence-electron chi connectivity index (χ2n) is 4.62. The van der Waals surface area contributed by atoms with Crippen LogP contribution in [0.25, 0.3) is 0 Å². The van der Waals surface area contributed by atoms with Crippen molar-refractivity contribution in [2.45, 2.75) is 30.8 Å². The Labute approximate surface area is 156 Å². The summed E-state index contributed by atoms with van der Waals surface area (Å²) in [5.74, 6) is 28.7. The smallest absolute Gasteiger partial charge is 0.338 e. The van der Waals surface area contributed by atoms with Crippen molar-refractivity contribution in [1.82, 2.24) is 0 Å². The number of carbonyl (C=O) groups excluding carboxylic acids is 2. The van der Waals surface area contributed by atoms with Gasteiger partial charge in [-0.2, -0.15) is 0 Å². The van der Waals surface area contributed by atoms with Crippen LogP contribution >= 0.6 is 0 Å². The number of Topliss-reactive ketones (excluding diaryl/α,β-unsaturated/α-hetero) is 1. The van der Waals surface area contributed by atoms with Gasteiger partial charge in [-0.25, -0.2) is 4.79 Å². The first-order valence-electron chi connectivity index (χ1n) is 7.20. The van der Waals surface area contributed by atoms with Gasteiger partial charge in [0.05, 0.1) is 6.42 Å². The van der Waals surface area contributed by atoms with Crippen LogP contribution in [-0.2, 0) is 14.3 Å². The van der Waals surface area contributed by atoms with Gasteiger partial charge in [-0.05, 0) is 71.0 Å². The van der Waals surface area contributed by atoms with Gasteiger partial charge in [-0.15, -0.1) is 6.42 Å². The molecule has 0 unspecified atom stereocenters. The second-order valence-corrected chi connectivity index (χ2v) is 4.62. The molecule has 130 valence electrons. The van der Waals surface area contributed by atoms with E-state index in [2.05, 4.69) is 81.7 Å². The first-order chi connectivity index (χ1) is 13.0. The minimum Gasteiger partial charge on any atom is -0.454 e. The average Bonchev–Trinajstić information content (AvgIpc) is 2.92. The minimum absolute atomic E-state index is 0.395. The summed E-state index contributed by atoms with van der Waals surface area (Å²) in [4.78, 5) is 22.8. The molecule has 0 amide bonds. The lowest BCUT2D eigenvalue weighted by Crippen LogP contribution is -2.42. The fourth-order valence-electron chi connectivity index (χ4n) is 1.62. The Morgan fingerprint density at radius 1 is 0.963 bits per heavy atom. The van der Waals surface area contributed by atoms with Crippen molar-refractivity contribution >= 4 is 11.8 Å². The molecule has 0 aliphatic carbocycles. The highest BCUT2D eigenvalue weighted by molar-refractivity contribution is 5.87. The number of aliphatic hydroxyl groups excluding tert-OH is 3. The highest BCUT2D eigenvalue weighted by atomic mass is 16.6. The van der Waals surface area contributed by atoms with Crippen LogP contribution in [-0.4, -0.2) is 51.5 Å². The average molecular weight is 358 g/mol. The first-order valence-corrected chi connectivity index (χ1v) is 7.20. The Balaban J connectivity index is 2.49. The van der Waals surface area contributed by atoms with Crippen molar-refractivity contribution in [2.24, 2.45) is 0 Å². The van der Waals surface area contributed by atoms with Crippen molar-refractivity contribution in [1.29, 1.82) is 0 Å². The minimum atomic E-state index is -1.80. The number of esters is 1. The predicted octanol–water partition coefficient (Wildman–Crippen LogP) is -2.39. The number of cyclic esters (lactones) is 1. The molecular formula is C21H10O6. The van der Waals surface area contributed by atoms with Gasteiger partial charge < -0.3 is 20.1 Å². The molecule has 27 heavy (non-hydrogen) atoms. The van der Waals surface area contributed by atoms with E-state index in [0.29, 0.717) is 0 Å². The van der Waals surface area contributed by atoms with Crippen molar-refractivity contribution in [3.05, 3.63) is 0 Å². The predicted molar refractivity (Wildman–Crippen MR) is 93.0 cm³/mol. The monoisotopic (exact) mass is 358 g/mol. The summed E-state index contributed by atoms with van der Waals surface area (Å²) >= 11 is 0. The van der Waals surface area contributed by atoms with Crippen molar-refractivity contribution in [2.75, 3.05) is 0 Å². The van der Waals surface area contributed by atoms with Gasteiger partial charge in [-0.1, -0.05) is 5.92 Å². The molecule has 0 aromatic rings. The summed E-state index contributed by atoms with van der Waals surface area (Å²) in [5, 5.41) is 28.5. The van der Waals surface area contributed by atoms with Gasteiger partial charge in [0.1, 0.15) is 6.10 Å². The SMILES string of the molecule is C#CC#CC#CC#CC#CC#CC#CCC(=O)[C@H](O)[C@H]1OC(=O)[C@@H](O)[C@H]1O. The third-order valence-electron chi connectivity index (χ3n) is 2.84. The Bertz CT molecular complexity index is 1020. The molecule has 0 aromatic heterocycles. The lowest BCUT2D eigenvalue weighted by atomic mass is 10.0. The van der Waals surface area contributed by atoms with E-state index in [1.165, 1.54) is 0 Å². The molecule has 4 atom stereocenters.